The standard InChI is InChI=1S/C9H6ClNO/c1-6(12)7-3-8(10)5-9(4-7)11-2/h3-5H,1H3. The van der Waals surface area contributed by atoms with Crippen LogP contribution in [0.25, 0.3) is 4.85 Å². The maximum atomic E-state index is 10.9. The molecule has 1 rings (SSSR count). The molecule has 0 radical (unpaired) electrons. The van der Waals surface area contributed by atoms with E-state index in [0.717, 1.165) is 0 Å². The smallest absolute Gasteiger partial charge is 0.189 e. The molecule has 12 heavy (non-hydrogen) atoms. The average Bonchev–Trinajstić information content (AvgIpc) is 2.03. The minimum atomic E-state index is -0.0811. The molecule has 0 saturated carbocycles. The summed E-state index contributed by atoms with van der Waals surface area (Å²) in [5.41, 5.74) is 0.876. The highest BCUT2D eigenvalue weighted by atomic mass is 35.5. The lowest BCUT2D eigenvalue weighted by Crippen LogP contribution is -1.90. The highest BCUT2D eigenvalue weighted by Crippen LogP contribution is 2.21. The van der Waals surface area contributed by atoms with Crippen LogP contribution in [0.3, 0.4) is 0 Å². The molecule has 0 fully saturated rings. The van der Waals surface area contributed by atoms with E-state index in [-0.39, 0.29) is 5.78 Å². The average molecular weight is 180 g/mol. The summed E-state index contributed by atoms with van der Waals surface area (Å²) in [5, 5.41) is 0.425. The summed E-state index contributed by atoms with van der Waals surface area (Å²) in [6.07, 6.45) is 0. The number of Topliss-reactive ketones (excluding diaryl/α,β-unsaturated/α-hetero) is 1. The summed E-state index contributed by atoms with van der Waals surface area (Å²) in [5.74, 6) is -0.0811. The minimum absolute atomic E-state index is 0.0811. The molecule has 1 aromatic carbocycles. The van der Waals surface area contributed by atoms with Crippen LogP contribution in [-0.4, -0.2) is 5.78 Å². The van der Waals surface area contributed by atoms with Crippen molar-refractivity contribution in [1.29, 1.82) is 0 Å². The fraction of sp³-hybridized carbons (Fsp3) is 0.111. The number of ketones is 1. The van der Waals surface area contributed by atoms with Crippen LogP contribution in [0.2, 0.25) is 5.02 Å². The van der Waals surface area contributed by atoms with Gasteiger partial charge in [-0.05, 0) is 25.1 Å². The second-order valence-corrected chi connectivity index (χ2v) is 2.80. The van der Waals surface area contributed by atoms with Crippen LogP contribution in [0, 0.1) is 6.57 Å². The lowest BCUT2D eigenvalue weighted by atomic mass is 10.1. The van der Waals surface area contributed by atoms with Crippen molar-refractivity contribution in [3.05, 3.63) is 40.2 Å². The zero-order valence-corrected chi connectivity index (χ0v) is 7.22. The van der Waals surface area contributed by atoms with E-state index in [1.165, 1.54) is 19.1 Å². The monoisotopic (exact) mass is 179 g/mol. The molecule has 0 heterocycles. The number of rotatable bonds is 1. The molecule has 0 aliphatic rings. The molecule has 0 atom stereocenters. The Morgan fingerprint density at radius 1 is 1.50 bits per heavy atom. The van der Waals surface area contributed by atoms with Crippen LogP contribution in [0.5, 0.6) is 0 Å². The van der Waals surface area contributed by atoms with Crippen LogP contribution in [0.4, 0.5) is 5.69 Å². The van der Waals surface area contributed by atoms with E-state index in [1.807, 2.05) is 0 Å². The molecule has 3 heteroatoms. The first-order valence-electron chi connectivity index (χ1n) is 3.32. The zero-order valence-electron chi connectivity index (χ0n) is 6.47. The molecule has 0 saturated heterocycles. The summed E-state index contributed by atoms with van der Waals surface area (Å²) in [7, 11) is 0. The molecule has 0 amide bonds. The molecule has 0 bridgehead atoms. The van der Waals surface area contributed by atoms with Gasteiger partial charge < -0.3 is 0 Å². The first kappa shape index (κ1) is 8.76. The maximum Gasteiger partial charge on any atom is 0.189 e. The Kier molecular flexibility index (Phi) is 2.47. The van der Waals surface area contributed by atoms with Crippen molar-refractivity contribution < 1.29 is 4.79 Å². The van der Waals surface area contributed by atoms with Crippen molar-refractivity contribution in [1.82, 2.24) is 0 Å². The molecule has 0 N–H and O–H groups in total. The third-order valence-electron chi connectivity index (χ3n) is 1.42. The van der Waals surface area contributed by atoms with Gasteiger partial charge in [0.2, 0.25) is 0 Å². The molecule has 0 spiro atoms. The highest BCUT2D eigenvalue weighted by Gasteiger charge is 2.02. The summed E-state index contributed by atoms with van der Waals surface area (Å²) >= 11 is 5.68. The summed E-state index contributed by atoms with van der Waals surface area (Å²) in [6.45, 7) is 8.18. The second-order valence-electron chi connectivity index (χ2n) is 2.37. The van der Waals surface area contributed by atoms with E-state index in [0.29, 0.717) is 16.3 Å². The number of hydrogen-bond acceptors (Lipinski definition) is 1. The molecule has 60 valence electrons. The molecular formula is C9H6ClNO. The van der Waals surface area contributed by atoms with Gasteiger partial charge in [-0.3, -0.25) is 4.79 Å². The van der Waals surface area contributed by atoms with Gasteiger partial charge in [-0.1, -0.05) is 11.6 Å². The topological polar surface area (TPSA) is 21.4 Å². The van der Waals surface area contributed by atoms with Gasteiger partial charge in [0.15, 0.2) is 11.5 Å². The molecule has 2 nitrogen and oxygen atoms in total. The van der Waals surface area contributed by atoms with E-state index in [2.05, 4.69) is 4.85 Å². The van der Waals surface area contributed by atoms with Crippen molar-refractivity contribution in [2.75, 3.05) is 0 Å². The Morgan fingerprint density at radius 2 is 2.17 bits per heavy atom. The Hall–Kier alpha value is -1.33. The van der Waals surface area contributed by atoms with Crippen molar-refractivity contribution in [2.45, 2.75) is 6.92 Å². The third-order valence-corrected chi connectivity index (χ3v) is 1.64. The van der Waals surface area contributed by atoms with Gasteiger partial charge in [0, 0.05) is 10.6 Å². The van der Waals surface area contributed by atoms with Crippen molar-refractivity contribution >= 4 is 23.1 Å². The van der Waals surface area contributed by atoms with Gasteiger partial charge >= 0.3 is 0 Å². The van der Waals surface area contributed by atoms with Crippen LogP contribution in [-0.2, 0) is 0 Å². The Bertz CT molecular complexity index is 365. The van der Waals surface area contributed by atoms with E-state index >= 15 is 0 Å². The van der Waals surface area contributed by atoms with Crippen molar-refractivity contribution in [3.63, 3.8) is 0 Å². The predicted octanol–water partition coefficient (Wildman–Crippen LogP) is 3.09. The van der Waals surface area contributed by atoms with E-state index in [9.17, 15) is 4.79 Å². The third kappa shape index (κ3) is 1.84. The van der Waals surface area contributed by atoms with Gasteiger partial charge in [-0.25, -0.2) is 4.85 Å². The predicted molar refractivity (Wildman–Crippen MR) is 47.7 cm³/mol. The molecule has 1 aromatic rings. The summed E-state index contributed by atoms with van der Waals surface area (Å²) < 4.78 is 0. The van der Waals surface area contributed by atoms with Gasteiger partial charge in [0.1, 0.15) is 0 Å². The molecule has 0 aliphatic heterocycles. The zero-order chi connectivity index (χ0) is 9.14. The van der Waals surface area contributed by atoms with E-state index in [4.69, 9.17) is 18.2 Å². The second kappa shape index (κ2) is 3.38. The van der Waals surface area contributed by atoms with E-state index in [1.54, 1.807) is 6.07 Å². The molecule has 0 unspecified atom stereocenters. The minimum Gasteiger partial charge on any atom is -0.295 e. The number of hydrogen-bond donors (Lipinski definition) is 0. The largest absolute Gasteiger partial charge is 0.295 e. The summed E-state index contributed by atoms with van der Waals surface area (Å²) in [6, 6.07) is 4.61. The maximum absolute atomic E-state index is 10.9. The number of carbonyl (C=O) groups excluding carboxylic acids is 1. The quantitative estimate of drug-likeness (QED) is 0.480. The van der Waals surface area contributed by atoms with E-state index < -0.39 is 0 Å². The van der Waals surface area contributed by atoms with Crippen molar-refractivity contribution in [3.8, 4) is 0 Å². The Morgan fingerprint density at radius 3 is 2.67 bits per heavy atom. The fourth-order valence-electron chi connectivity index (χ4n) is 0.842. The van der Waals surface area contributed by atoms with Crippen LogP contribution < -0.4 is 0 Å². The Balaban J connectivity index is 3.26. The lowest BCUT2D eigenvalue weighted by molar-refractivity contribution is 0.101. The van der Waals surface area contributed by atoms with Crippen LogP contribution >= 0.6 is 11.6 Å². The van der Waals surface area contributed by atoms with Crippen LogP contribution in [0.15, 0.2) is 18.2 Å². The highest BCUT2D eigenvalue weighted by molar-refractivity contribution is 6.31. The molecule has 0 aliphatic carbocycles. The van der Waals surface area contributed by atoms with Gasteiger partial charge in [-0.2, -0.15) is 0 Å². The Labute approximate surface area is 75.6 Å². The molecule has 0 aromatic heterocycles. The first-order chi connectivity index (χ1) is 5.63. The number of benzene rings is 1. The SMILES string of the molecule is [C-]#[N+]c1cc(Cl)cc(C(C)=O)c1. The number of nitrogens with zero attached hydrogens (tertiary/aromatic N) is 1. The van der Waals surface area contributed by atoms with Crippen LogP contribution in [0.1, 0.15) is 17.3 Å². The van der Waals surface area contributed by atoms with Gasteiger partial charge in [0.05, 0.1) is 6.57 Å². The van der Waals surface area contributed by atoms with Gasteiger partial charge in [0.25, 0.3) is 0 Å². The van der Waals surface area contributed by atoms with Gasteiger partial charge in [-0.15, -0.1) is 0 Å². The number of halogens is 1. The number of carbonyl (C=O) groups is 1. The normalized spacial score (nSPS) is 9.08. The molecular weight excluding hydrogens is 174 g/mol. The van der Waals surface area contributed by atoms with Crippen molar-refractivity contribution in [2.24, 2.45) is 0 Å². The first-order valence-corrected chi connectivity index (χ1v) is 3.70. The fourth-order valence-corrected chi connectivity index (χ4v) is 1.07. The lowest BCUT2D eigenvalue weighted by Gasteiger charge is -1.97. The summed E-state index contributed by atoms with van der Waals surface area (Å²) in [4.78, 5) is 14.1.